The summed E-state index contributed by atoms with van der Waals surface area (Å²) in [6, 6.07) is 17.2. The van der Waals surface area contributed by atoms with Gasteiger partial charge < -0.3 is 14.0 Å². The van der Waals surface area contributed by atoms with Crippen molar-refractivity contribution < 1.29 is 18.8 Å². The molecule has 1 atom stereocenters. The Kier molecular flexibility index (Phi) is 5.45. The molecule has 0 aromatic heterocycles. The van der Waals surface area contributed by atoms with E-state index in [1.54, 1.807) is 31.4 Å². The molecule has 0 spiro atoms. The molecule has 0 amide bonds. The SMILES string of the molecule is COc1ccc(C(=O)CC(B2OC(C)(C)C(C)(C)O2)c2ccccc2)cc1. The van der Waals surface area contributed by atoms with Crippen molar-refractivity contribution >= 4 is 12.9 Å². The number of hydrogen-bond donors (Lipinski definition) is 0. The monoisotopic (exact) mass is 366 g/mol. The summed E-state index contributed by atoms with van der Waals surface area (Å²) in [6.07, 6.45) is 0.313. The largest absolute Gasteiger partial charge is 0.497 e. The van der Waals surface area contributed by atoms with Crippen LogP contribution in [0, 0.1) is 0 Å². The average molecular weight is 366 g/mol. The molecule has 27 heavy (non-hydrogen) atoms. The molecule has 0 aliphatic carbocycles. The van der Waals surface area contributed by atoms with Crippen molar-refractivity contribution in [3.63, 3.8) is 0 Å². The molecule has 1 aliphatic rings. The van der Waals surface area contributed by atoms with Gasteiger partial charge in [0.2, 0.25) is 0 Å². The first-order valence-electron chi connectivity index (χ1n) is 9.31. The van der Waals surface area contributed by atoms with Gasteiger partial charge in [0.25, 0.3) is 0 Å². The number of ether oxygens (including phenoxy) is 1. The van der Waals surface area contributed by atoms with Gasteiger partial charge in [-0.15, -0.1) is 0 Å². The van der Waals surface area contributed by atoms with Gasteiger partial charge in [-0.25, -0.2) is 0 Å². The number of carbonyl (C=O) groups excluding carboxylic acids is 1. The Bertz CT molecular complexity index is 768. The summed E-state index contributed by atoms with van der Waals surface area (Å²) >= 11 is 0. The summed E-state index contributed by atoms with van der Waals surface area (Å²) in [5.41, 5.74) is 0.827. The maximum absolute atomic E-state index is 13.0. The fourth-order valence-corrected chi connectivity index (χ4v) is 3.22. The molecule has 1 saturated heterocycles. The molecule has 0 radical (unpaired) electrons. The second-order valence-electron chi connectivity index (χ2n) is 8.00. The highest BCUT2D eigenvalue weighted by Crippen LogP contribution is 2.42. The van der Waals surface area contributed by atoms with Crippen molar-refractivity contribution in [3.8, 4) is 5.75 Å². The summed E-state index contributed by atoms with van der Waals surface area (Å²) in [7, 11) is 1.14. The van der Waals surface area contributed by atoms with Gasteiger partial charge in [-0.1, -0.05) is 30.3 Å². The first-order chi connectivity index (χ1) is 12.7. The Morgan fingerprint density at radius 1 is 0.963 bits per heavy atom. The Morgan fingerprint density at radius 2 is 1.52 bits per heavy atom. The van der Waals surface area contributed by atoms with Crippen LogP contribution in [0.2, 0.25) is 0 Å². The molecular weight excluding hydrogens is 339 g/mol. The molecule has 142 valence electrons. The zero-order valence-corrected chi connectivity index (χ0v) is 16.7. The average Bonchev–Trinajstić information content (AvgIpc) is 2.87. The highest BCUT2D eigenvalue weighted by Gasteiger charge is 2.54. The van der Waals surface area contributed by atoms with Crippen LogP contribution in [0.1, 0.15) is 55.9 Å². The third-order valence-electron chi connectivity index (χ3n) is 5.65. The van der Waals surface area contributed by atoms with Gasteiger partial charge in [-0.2, -0.15) is 0 Å². The van der Waals surface area contributed by atoms with Gasteiger partial charge in [0.15, 0.2) is 5.78 Å². The molecule has 1 aliphatic heterocycles. The van der Waals surface area contributed by atoms with Crippen LogP contribution in [0.4, 0.5) is 0 Å². The van der Waals surface area contributed by atoms with Gasteiger partial charge in [0.05, 0.1) is 18.3 Å². The summed E-state index contributed by atoms with van der Waals surface area (Å²) in [5, 5.41) is 0. The standard InChI is InChI=1S/C22H27BO4/c1-21(2)22(3,4)27-23(26-21)19(16-9-7-6-8-10-16)15-20(24)17-11-13-18(25-5)14-12-17/h6-14,19H,15H2,1-5H3. The highest BCUT2D eigenvalue weighted by atomic mass is 16.7. The zero-order valence-electron chi connectivity index (χ0n) is 16.7. The quantitative estimate of drug-likeness (QED) is 0.550. The topological polar surface area (TPSA) is 44.8 Å². The van der Waals surface area contributed by atoms with Crippen LogP contribution in [0.5, 0.6) is 5.75 Å². The van der Waals surface area contributed by atoms with Crippen LogP contribution < -0.4 is 4.74 Å². The van der Waals surface area contributed by atoms with Crippen LogP contribution in [0.25, 0.3) is 0 Å². The van der Waals surface area contributed by atoms with E-state index in [2.05, 4.69) is 0 Å². The van der Waals surface area contributed by atoms with E-state index in [-0.39, 0.29) is 11.6 Å². The second-order valence-corrected chi connectivity index (χ2v) is 8.00. The molecule has 1 unspecified atom stereocenters. The molecule has 0 saturated carbocycles. The van der Waals surface area contributed by atoms with Gasteiger partial charge in [0, 0.05) is 17.8 Å². The molecule has 1 fully saturated rings. The number of Topliss-reactive ketones (excluding diaryl/α,β-unsaturated/α-hetero) is 1. The van der Waals surface area contributed by atoms with Crippen LogP contribution in [-0.4, -0.2) is 31.2 Å². The van der Waals surface area contributed by atoms with Crippen molar-refractivity contribution in [1.29, 1.82) is 0 Å². The number of methoxy groups -OCH3 is 1. The lowest BCUT2D eigenvalue weighted by Crippen LogP contribution is -2.41. The first kappa shape index (κ1) is 19.7. The predicted molar refractivity (Wildman–Crippen MR) is 107 cm³/mol. The smallest absolute Gasteiger partial charge is 0.466 e. The highest BCUT2D eigenvalue weighted by molar-refractivity contribution is 6.48. The van der Waals surface area contributed by atoms with Crippen molar-refractivity contribution in [1.82, 2.24) is 0 Å². The number of benzene rings is 2. The van der Waals surface area contributed by atoms with Crippen molar-refractivity contribution in [2.24, 2.45) is 0 Å². The lowest BCUT2D eigenvalue weighted by Gasteiger charge is -2.32. The number of rotatable bonds is 6. The van der Waals surface area contributed by atoms with E-state index >= 15 is 0 Å². The van der Waals surface area contributed by atoms with Crippen LogP contribution in [-0.2, 0) is 9.31 Å². The minimum Gasteiger partial charge on any atom is -0.497 e. The van der Waals surface area contributed by atoms with E-state index in [4.69, 9.17) is 14.0 Å². The Balaban J connectivity index is 1.86. The number of hydrogen-bond acceptors (Lipinski definition) is 4. The third kappa shape index (κ3) is 4.09. The maximum Gasteiger partial charge on any atom is 0.466 e. The molecule has 5 heteroatoms. The van der Waals surface area contributed by atoms with E-state index in [1.165, 1.54) is 0 Å². The van der Waals surface area contributed by atoms with Crippen LogP contribution in [0.3, 0.4) is 0 Å². The fraction of sp³-hybridized carbons (Fsp3) is 0.409. The molecule has 3 rings (SSSR count). The van der Waals surface area contributed by atoms with Crippen molar-refractivity contribution in [3.05, 3.63) is 65.7 Å². The fourth-order valence-electron chi connectivity index (χ4n) is 3.22. The van der Waals surface area contributed by atoms with Gasteiger partial charge in [0.1, 0.15) is 5.75 Å². The number of carbonyl (C=O) groups is 1. The minimum atomic E-state index is -0.473. The maximum atomic E-state index is 13.0. The lowest BCUT2D eigenvalue weighted by molar-refractivity contribution is 0.00578. The predicted octanol–water partition coefficient (Wildman–Crippen LogP) is 4.68. The van der Waals surface area contributed by atoms with Crippen molar-refractivity contribution in [2.75, 3.05) is 7.11 Å². The van der Waals surface area contributed by atoms with Gasteiger partial charge in [-0.3, -0.25) is 4.79 Å². The molecule has 0 bridgehead atoms. The van der Waals surface area contributed by atoms with Gasteiger partial charge in [-0.05, 0) is 57.5 Å². The molecule has 2 aromatic carbocycles. The molecule has 0 N–H and O–H groups in total. The van der Waals surface area contributed by atoms with E-state index in [1.807, 2.05) is 58.0 Å². The Morgan fingerprint density at radius 3 is 2.04 bits per heavy atom. The molecule has 1 heterocycles. The Hall–Kier alpha value is -2.11. The van der Waals surface area contributed by atoms with Crippen LogP contribution >= 0.6 is 0 Å². The summed E-state index contributed by atoms with van der Waals surface area (Å²) in [4.78, 5) is 13.0. The van der Waals surface area contributed by atoms with E-state index < -0.39 is 18.3 Å². The number of ketones is 1. The van der Waals surface area contributed by atoms with E-state index in [0.717, 1.165) is 11.3 Å². The normalized spacial score (nSPS) is 18.9. The van der Waals surface area contributed by atoms with E-state index in [0.29, 0.717) is 12.0 Å². The van der Waals surface area contributed by atoms with E-state index in [9.17, 15) is 4.79 Å². The third-order valence-corrected chi connectivity index (χ3v) is 5.65. The summed E-state index contributed by atoms with van der Waals surface area (Å²) in [5.74, 6) is 0.611. The lowest BCUT2D eigenvalue weighted by atomic mass is 9.65. The molecule has 4 nitrogen and oxygen atoms in total. The summed E-state index contributed by atoms with van der Waals surface area (Å²) in [6.45, 7) is 8.11. The molecular formula is C22H27BO4. The first-order valence-corrected chi connectivity index (χ1v) is 9.31. The Labute approximate surface area is 162 Å². The second kappa shape index (κ2) is 7.49. The molecule has 2 aromatic rings. The minimum absolute atomic E-state index is 0.0567. The summed E-state index contributed by atoms with van der Waals surface area (Å²) < 4.78 is 17.7. The van der Waals surface area contributed by atoms with Crippen molar-refractivity contribution in [2.45, 2.75) is 51.1 Å². The van der Waals surface area contributed by atoms with Gasteiger partial charge >= 0.3 is 7.12 Å². The zero-order chi connectivity index (χ0) is 19.7. The van der Waals surface area contributed by atoms with Crippen LogP contribution in [0.15, 0.2) is 54.6 Å².